The van der Waals surface area contributed by atoms with Gasteiger partial charge in [0.2, 0.25) is 0 Å². The van der Waals surface area contributed by atoms with E-state index in [1.54, 1.807) is 7.05 Å². The average Bonchev–Trinajstić information content (AvgIpc) is 2.10. The quantitative estimate of drug-likeness (QED) is 0.601. The minimum absolute atomic E-state index is 0.331. The van der Waals surface area contributed by atoms with Crippen LogP contribution in [0.2, 0.25) is 0 Å². The van der Waals surface area contributed by atoms with Crippen molar-refractivity contribution in [3.8, 4) is 0 Å². The van der Waals surface area contributed by atoms with Gasteiger partial charge in [-0.25, -0.2) is 0 Å². The van der Waals surface area contributed by atoms with E-state index in [-0.39, 0.29) is 0 Å². The minimum Gasteiger partial charge on any atom is -0.296 e. The number of rotatable bonds is 1. The zero-order chi connectivity index (χ0) is 6.85. The Morgan fingerprint density at radius 3 is 2.56 bits per heavy atom. The Labute approximate surface area is 60.0 Å². The summed E-state index contributed by atoms with van der Waals surface area (Å²) in [5.41, 5.74) is 0.331. The van der Waals surface area contributed by atoms with E-state index in [4.69, 9.17) is 0 Å². The number of carbonyl (C=O) groups excluding carboxylic acids is 1. The molecule has 0 aliphatic carbocycles. The van der Waals surface area contributed by atoms with Crippen molar-refractivity contribution in [2.45, 2.75) is 0 Å². The predicted molar refractivity (Wildman–Crippen MR) is 34.1 cm³/mol. The predicted octanol–water partition coefficient (Wildman–Crippen LogP) is 0.390. The van der Waals surface area contributed by atoms with Gasteiger partial charge >= 0.3 is 0 Å². The Kier molecular flexibility index (Phi) is 1.61. The molecule has 0 aliphatic rings. The van der Waals surface area contributed by atoms with Crippen molar-refractivity contribution in [1.82, 2.24) is 15.0 Å². The first-order chi connectivity index (χ1) is 4.24. The third-order valence-corrected chi connectivity index (χ3v) is 1.37. The molecule has 1 heterocycles. The SMILES string of the molecule is Cn1nc(Br)c(C=O)n1. The van der Waals surface area contributed by atoms with Crippen molar-refractivity contribution in [2.75, 3.05) is 0 Å². The van der Waals surface area contributed by atoms with Crippen LogP contribution in [0, 0.1) is 0 Å². The van der Waals surface area contributed by atoms with Crippen molar-refractivity contribution in [3.63, 3.8) is 0 Å². The van der Waals surface area contributed by atoms with Crippen LogP contribution in [0.4, 0.5) is 0 Å². The van der Waals surface area contributed by atoms with Gasteiger partial charge in [0, 0.05) is 7.05 Å². The van der Waals surface area contributed by atoms with Gasteiger partial charge in [-0.05, 0) is 15.9 Å². The number of carbonyl (C=O) groups is 1. The molecule has 0 fully saturated rings. The number of hydrogen-bond donors (Lipinski definition) is 0. The summed E-state index contributed by atoms with van der Waals surface area (Å²) in [6.45, 7) is 0. The second-order valence-electron chi connectivity index (χ2n) is 1.48. The van der Waals surface area contributed by atoms with E-state index in [0.717, 1.165) is 0 Å². The van der Waals surface area contributed by atoms with Gasteiger partial charge in [-0.3, -0.25) is 4.79 Å². The normalized spacial score (nSPS) is 9.56. The first kappa shape index (κ1) is 6.41. The first-order valence-electron chi connectivity index (χ1n) is 2.26. The molecule has 1 aromatic heterocycles. The average molecular weight is 190 g/mol. The van der Waals surface area contributed by atoms with Crippen molar-refractivity contribution in [1.29, 1.82) is 0 Å². The lowest BCUT2D eigenvalue weighted by Crippen LogP contribution is -1.92. The number of aromatic nitrogens is 3. The molecule has 0 amide bonds. The number of nitrogens with zero attached hydrogens (tertiary/aromatic N) is 3. The zero-order valence-electron chi connectivity index (χ0n) is 4.71. The molecule has 0 unspecified atom stereocenters. The Balaban J connectivity index is 3.15. The molecule has 0 radical (unpaired) electrons. The van der Waals surface area contributed by atoms with Gasteiger partial charge in [0.25, 0.3) is 0 Å². The fraction of sp³-hybridized carbons (Fsp3) is 0.250. The van der Waals surface area contributed by atoms with Crippen LogP contribution in [-0.2, 0) is 7.05 Å². The summed E-state index contributed by atoms with van der Waals surface area (Å²) in [6.07, 6.45) is 0.650. The van der Waals surface area contributed by atoms with Gasteiger partial charge in [0.15, 0.2) is 16.6 Å². The fourth-order valence-corrected chi connectivity index (χ4v) is 0.872. The Bertz CT molecular complexity index is 232. The molecule has 4 nitrogen and oxygen atoms in total. The van der Waals surface area contributed by atoms with E-state index >= 15 is 0 Å². The number of aryl methyl sites for hydroxylation is 1. The molecule has 0 bridgehead atoms. The maximum absolute atomic E-state index is 10.1. The highest BCUT2D eigenvalue weighted by atomic mass is 79.9. The molecule has 48 valence electrons. The van der Waals surface area contributed by atoms with Crippen LogP contribution < -0.4 is 0 Å². The second kappa shape index (κ2) is 2.26. The maximum Gasteiger partial charge on any atom is 0.173 e. The van der Waals surface area contributed by atoms with Crippen molar-refractivity contribution >= 4 is 22.2 Å². The van der Waals surface area contributed by atoms with Gasteiger partial charge in [-0.1, -0.05) is 0 Å². The summed E-state index contributed by atoms with van der Waals surface area (Å²) in [7, 11) is 1.65. The molecule has 1 aromatic rings. The molecule has 1 rings (SSSR count). The van der Waals surface area contributed by atoms with Crippen molar-refractivity contribution in [2.24, 2.45) is 7.05 Å². The Morgan fingerprint density at radius 1 is 1.67 bits per heavy atom. The van der Waals surface area contributed by atoms with Gasteiger partial charge in [0.05, 0.1) is 0 Å². The van der Waals surface area contributed by atoms with Crippen molar-refractivity contribution in [3.05, 3.63) is 10.3 Å². The van der Waals surface area contributed by atoms with E-state index in [2.05, 4.69) is 26.1 Å². The van der Waals surface area contributed by atoms with E-state index in [1.807, 2.05) is 0 Å². The van der Waals surface area contributed by atoms with Gasteiger partial charge in [0.1, 0.15) is 0 Å². The lowest BCUT2D eigenvalue weighted by molar-refractivity contribution is 0.111. The lowest BCUT2D eigenvalue weighted by Gasteiger charge is -1.76. The van der Waals surface area contributed by atoms with Gasteiger partial charge in [-0.15, -0.1) is 10.2 Å². The molecule has 0 atom stereocenters. The van der Waals surface area contributed by atoms with Crippen LogP contribution in [0.25, 0.3) is 0 Å². The third-order valence-electron chi connectivity index (χ3n) is 0.808. The minimum atomic E-state index is 0.331. The first-order valence-corrected chi connectivity index (χ1v) is 3.05. The standard InChI is InChI=1S/C4H4BrN3O/c1-8-6-3(2-9)4(5)7-8/h2H,1H3. The van der Waals surface area contributed by atoms with E-state index in [1.165, 1.54) is 4.80 Å². The van der Waals surface area contributed by atoms with Crippen molar-refractivity contribution < 1.29 is 4.79 Å². The van der Waals surface area contributed by atoms with E-state index in [0.29, 0.717) is 16.6 Å². The highest BCUT2D eigenvalue weighted by Crippen LogP contribution is 2.06. The van der Waals surface area contributed by atoms with Crippen LogP contribution in [0.3, 0.4) is 0 Å². The van der Waals surface area contributed by atoms with Crippen LogP contribution in [0.5, 0.6) is 0 Å². The maximum atomic E-state index is 10.1. The van der Waals surface area contributed by atoms with Gasteiger partial charge in [-0.2, -0.15) is 4.80 Å². The molecule has 0 saturated heterocycles. The fourth-order valence-electron chi connectivity index (χ4n) is 0.470. The number of hydrogen-bond acceptors (Lipinski definition) is 3. The summed E-state index contributed by atoms with van der Waals surface area (Å²) < 4.78 is 0.486. The van der Waals surface area contributed by atoms with Crippen LogP contribution >= 0.6 is 15.9 Å². The summed E-state index contributed by atoms with van der Waals surface area (Å²) in [6, 6.07) is 0. The molecule has 5 heteroatoms. The highest BCUT2D eigenvalue weighted by Gasteiger charge is 2.02. The molecule has 0 aromatic carbocycles. The van der Waals surface area contributed by atoms with Crippen LogP contribution in [0.1, 0.15) is 10.5 Å². The highest BCUT2D eigenvalue weighted by molar-refractivity contribution is 9.10. The van der Waals surface area contributed by atoms with E-state index < -0.39 is 0 Å². The molecule has 9 heavy (non-hydrogen) atoms. The van der Waals surface area contributed by atoms with E-state index in [9.17, 15) is 4.79 Å². The molecular weight excluding hydrogens is 186 g/mol. The lowest BCUT2D eigenvalue weighted by atomic mass is 10.6. The monoisotopic (exact) mass is 189 g/mol. The topological polar surface area (TPSA) is 47.8 Å². The van der Waals surface area contributed by atoms with Crippen LogP contribution in [-0.4, -0.2) is 21.3 Å². The number of aldehydes is 1. The number of halogens is 1. The molecular formula is C4H4BrN3O. The second-order valence-corrected chi connectivity index (χ2v) is 2.23. The smallest absolute Gasteiger partial charge is 0.173 e. The molecule has 0 saturated carbocycles. The Hall–Kier alpha value is -0.710. The largest absolute Gasteiger partial charge is 0.296 e. The van der Waals surface area contributed by atoms with Gasteiger partial charge < -0.3 is 0 Å². The molecule has 0 aliphatic heterocycles. The summed E-state index contributed by atoms with van der Waals surface area (Å²) >= 11 is 3.05. The zero-order valence-corrected chi connectivity index (χ0v) is 6.29. The van der Waals surface area contributed by atoms with Crippen LogP contribution in [0.15, 0.2) is 4.60 Å². The summed E-state index contributed by atoms with van der Waals surface area (Å²) in [4.78, 5) is 11.4. The Morgan fingerprint density at radius 2 is 2.33 bits per heavy atom. The summed E-state index contributed by atoms with van der Waals surface area (Å²) in [5.74, 6) is 0. The molecule has 0 N–H and O–H groups in total. The molecule has 0 spiro atoms. The third kappa shape index (κ3) is 1.16. The summed E-state index contributed by atoms with van der Waals surface area (Å²) in [5, 5.41) is 7.49.